The summed E-state index contributed by atoms with van der Waals surface area (Å²) in [7, 11) is 0. The minimum absolute atomic E-state index is 0.0653. The highest BCUT2D eigenvalue weighted by molar-refractivity contribution is 9.10. The van der Waals surface area contributed by atoms with E-state index in [0.717, 1.165) is 15.6 Å². The fourth-order valence-corrected chi connectivity index (χ4v) is 1.99. The van der Waals surface area contributed by atoms with Crippen LogP contribution >= 0.6 is 15.9 Å². The number of aryl methyl sites for hydroxylation is 1. The molecular formula is C13H14BrN3O. The molecule has 0 unspecified atom stereocenters. The molecule has 0 saturated heterocycles. The van der Waals surface area contributed by atoms with Gasteiger partial charge in [-0.3, -0.25) is 0 Å². The summed E-state index contributed by atoms with van der Waals surface area (Å²) >= 11 is 3.46. The van der Waals surface area contributed by atoms with Crippen LogP contribution in [0.3, 0.4) is 0 Å². The van der Waals surface area contributed by atoms with Gasteiger partial charge in [0.2, 0.25) is 5.95 Å². The van der Waals surface area contributed by atoms with Gasteiger partial charge >= 0.3 is 0 Å². The average molecular weight is 308 g/mol. The molecule has 1 aromatic carbocycles. The molecule has 2 rings (SSSR count). The molecule has 0 fully saturated rings. The van der Waals surface area contributed by atoms with Gasteiger partial charge in [0.1, 0.15) is 0 Å². The Morgan fingerprint density at radius 3 is 2.67 bits per heavy atom. The molecule has 0 atom stereocenters. The van der Waals surface area contributed by atoms with Gasteiger partial charge in [-0.05, 0) is 30.2 Å². The van der Waals surface area contributed by atoms with Crippen LogP contribution in [0.15, 0.2) is 35.1 Å². The van der Waals surface area contributed by atoms with Crippen LogP contribution in [0.4, 0.5) is 5.95 Å². The first kappa shape index (κ1) is 13.0. The molecule has 0 radical (unpaired) electrons. The second kappa shape index (κ2) is 5.93. The van der Waals surface area contributed by atoms with E-state index in [1.54, 1.807) is 12.4 Å². The number of rotatable bonds is 4. The van der Waals surface area contributed by atoms with Gasteiger partial charge in [-0.25, -0.2) is 9.97 Å². The fraction of sp³-hybridized carbons (Fsp3) is 0.231. The van der Waals surface area contributed by atoms with Crippen molar-refractivity contribution >= 4 is 21.9 Å². The first-order valence-electron chi connectivity index (χ1n) is 5.64. The van der Waals surface area contributed by atoms with E-state index in [1.165, 1.54) is 5.56 Å². The van der Waals surface area contributed by atoms with Crippen molar-refractivity contribution in [2.45, 2.75) is 6.92 Å². The number of aliphatic hydroxyl groups is 1. The average Bonchev–Trinajstić information content (AvgIpc) is 2.40. The lowest BCUT2D eigenvalue weighted by atomic mass is 10.0. The SMILES string of the molecule is Cc1ccc(Br)cc1-c1cnc(NCCO)nc1. The number of nitrogens with zero attached hydrogens (tertiary/aromatic N) is 2. The Morgan fingerprint density at radius 1 is 1.28 bits per heavy atom. The Bertz CT molecular complexity index is 528. The molecule has 18 heavy (non-hydrogen) atoms. The van der Waals surface area contributed by atoms with Gasteiger partial charge in [-0.1, -0.05) is 22.0 Å². The summed E-state index contributed by atoms with van der Waals surface area (Å²) in [4.78, 5) is 8.43. The van der Waals surface area contributed by atoms with Crippen molar-refractivity contribution in [2.75, 3.05) is 18.5 Å². The van der Waals surface area contributed by atoms with Crippen molar-refractivity contribution in [1.29, 1.82) is 0 Å². The monoisotopic (exact) mass is 307 g/mol. The number of benzene rings is 1. The zero-order chi connectivity index (χ0) is 13.0. The Labute approximate surface area is 114 Å². The molecule has 1 aromatic heterocycles. The lowest BCUT2D eigenvalue weighted by Crippen LogP contribution is -2.08. The van der Waals surface area contributed by atoms with Crippen molar-refractivity contribution in [2.24, 2.45) is 0 Å². The molecule has 0 saturated carbocycles. The molecule has 1 heterocycles. The first-order chi connectivity index (χ1) is 8.70. The lowest BCUT2D eigenvalue weighted by Gasteiger charge is -2.07. The van der Waals surface area contributed by atoms with Crippen LogP contribution < -0.4 is 5.32 Å². The zero-order valence-corrected chi connectivity index (χ0v) is 11.6. The van der Waals surface area contributed by atoms with Crippen molar-refractivity contribution < 1.29 is 5.11 Å². The second-order valence-electron chi connectivity index (χ2n) is 3.90. The van der Waals surface area contributed by atoms with E-state index in [2.05, 4.69) is 50.3 Å². The summed E-state index contributed by atoms with van der Waals surface area (Å²) in [6.07, 6.45) is 3.56. The number of aliphatic hydroxyl groups excluding tert-OH is 1. The van der Waals surface area contributed by atoms with Crippen molar-refractivity contribution in [3.63, 3.8) is 0 Å². The predicted molar refractivity (Wildman–Crippen MR) is 75.5 cm³/mol. The van der Waals surface area contributed by atoms with Crippen LogP contribution in [0.25, 0.3) is 11.1 Å². The van der Waals surface area contributed by atoms with Crippen molar-refractivity contribution in [3.8, 4) is 11.1 Å². The third-order valence-electron chi connectivity index (χ3n) is 2.56. The number of halogens is 1. The smallest absolute Gasteiger partial charge is 0.222 e. The zero-order valence-electron chi connectivity index (χ0n) is 10.0. The molecule has 2 N–H and O–H groups in total. The fourth-order valence-electron chi connectivity index (χ4n) is 1.63. The number of nitrogens with one attached hydrogen (secondary N) is 1. The van der Waals surface area contributed by atoms with Crippen molar-refractivity contribution in [3.05, 3.63) is 40.6 Å². The molecule has 0 aliphatic rings. The minimum Gasteiger partial charge on any atom is -0.395 e. The lowest BCUT2D eigenvalue weighted by molar-refractivity contribution is 0.311. The van der Waals surface area contributed by atoms with Crippen LogP contribution in [-0.4, -0.2) is 28.2 Å². The van der Waals surface area contributed by atoms with E-state index >= 15 is 0 Å². The standard InChI is InChI=1S/C13H14BrN3O/c1-9-2-3-11(14)6-12(9)10-7-16-13(17-8-10)15-4-5-18/h2-3,6-8,18H,4-5H2,1H3,(H,15,16,17). The number of anilines is 1. The third kappa shape index (κ3) is 3.05. The molecule has 5 heteroatoms. The van der Waals surface area contributed by atoms with Crippen molar-refractivity contribution in [1.82, 2.24) is 9.97 Å². The topological polar surface area (TPSA) is 58.0 Å². The largest absolute Gasteiger partial charge is 0.395 e. The second-order valence-corrected chi connectivity index (χ2v) is 4.82. The summed E-state index contributed by atoms with van der Waals surface area (Å²) in [6.45, 7) is 2.57. The molecule has 2 aromatic rings. The van der Waals surface area contributed by atoms with E-state index in [1.807, 2.05) is 6.07 Å². The van der Waals surface area contributed by atoms with Crippen LogP contribution in [0, 0.1) is 6.92 Å². The maximum atomic E-state index is 8.70. The minimum atomic E-state index is 0.0653. The molecule has 0 spiro atoms. The quantitative estimate of drug-likeness (QED) is 0.911. The van der Waals surface area contributed by atoms with Gasteiger partial charge in [0.05, 0.1) is 6.61 Å². The van der Waals surface area contributed by atoms with Crippen LogP contribution in [0.2, 0.25) is 0 Å². The molecule has 0 aliphatic carbocycles. The molecule has 0 aliphatic heterocycles. The maximum absolute atomic E-state index is 8.70. The van der Waals surface area contributed by atoms with Crippen LogP contribution in [0.1, 0.15) is 5.56 Å². The molecule has 0 amide bonds. The third-order valence-corrected chi connectivity index (χ3v) is 3.05. The Morgan fingerprint density at radius 2 is 2.00 bits per heavy atom. The highest BCUT2D eigenvalue weighted by Gasteiger charge is 2.04. The first-order valence-corrected chi connectivity index (χ1v) is 6.43. The molecule has 94 valence electrons. The summed E-state index contributed by atoms with van der Waals surface area (Å²) < 4.78 is 1.03. The van der Waals surface area contributed by atoms with E-state index < -0.39 is 0 Å². The van der Waals surface area contributed by atoms with Gasteiger partial charge < -0.3 is 10.4 Å². The number of hydrogen-bond acceptors (Lipinski definition) is 4. The van der Waals surface area contributed by atoms with E-state index in [9.17, 15) is 0 Å². The summed E-state index contributed by atoms with van der Waals surface area (Å²) in [6, 6.07) is 6.11. The molecule has 4 nitrogen and oxygen atoms in total. The summed E-state index contributed by atoms with van der Waals surface area (Å²) in [5, 5.41) is 11.6. The Balaban J connectivity index is 2.25. The normalized spacial score (nSPS) is 10.4. The predicted octanol–water partition coefficient (Wildman–Crippen LogP) is 2.62. The number of hydrogen-bond donors (Lipinski definition) is 2. The van der Waals surface area contributed by atoms with Crippen LogP contribution in [0.5, 0.6) is 0 Å². The van der Waals surface area contributed by atoms with E-state index in [4.69, 9.17) is 5.11 Å². The van der Waals surface area contributed by atoms with Gasteiger partial charge in [0.15, 0.2) is 0 Å². The van der Waals surface area contributed by atoms with Crippen LogP contribution in [-0.2, 0) is 0 Å². The Hall–Kier alpha value is -1.46. The van der Waals surface area contributed by atoms with E-state index in [-0.39, 0.29) is 6.61 Å². The Kier molecular flexibility index (Phi) is 4.28. The highest BCUT2D eigenvalue weighted by Crippen LogP contribution is 2.25. The van der Waals surface area contributed by atoms with Gasteiger partial charge in [0, 0.05) is 29.0 Å². The molecular weight excluding hydrogens is 294 g/mol. The highest BCUT2D eigenvalue weighted by atomic mass is 79.9. The van der Waals surface area contributed by atoms with Gasteiger partial charge in [-0.2, -0.15) is 0 Å². The van der Waals surface area contributed by atoms with Gasteiger partial charge in [-0.15, -0.1) is 0 Å². The molecule has 0 bridgehead atoms. The summed E-state index contributed by atoms with van der Waals surface area (Å²) in [5.74, 6) is 0.528. The number of aromatic nitrogens is 2. The maximum Gasteiger partial charge on any atom is 0.222 e. The summed E-state index contributed by atoms with van der Waals surface area (Å²) in [5.41, 5.74) is 3.26. The van der Waals surface area contributed by atoms with E-state index in [0.29, 0.717) is 12.5 Å². The van der Waals surface area contributed by atoms with Gasteiger partial charge in [0.25, 0.3) is 0 Å².